The fourth-order valence-corrected chi connectivity index (χ4v) is 2.24. The van der Waals surface area contributed by atoms with Gasteiger partial charge in [-0.25, -0.2) is 8.78 Å². The number of aryl methyl sites for hydroxylation is 1. The van der Waals surface area contributed by atoms with Gasteiger partial charge < -0.3 is 10.5 Å². The molecule has 0 amide bonds. The van der Waals surface area contributed by atoms with Crippen molar-refractivity contribution in [3.8, 4) is 0 Å². The molecule has 1 aromatic heterocycles. The van der Waals surface area contributed by atoms with Gasteiger partial charge in [-0.15, -0.1) is 11.3 Å². The zero-order valence-corrected chi connectivity index (χ0v) is 9.40. The normalized spacial score (nSPS) is 13.4. The molecule has 1 aromatic rings. The summed E-state index contributed by atoms with van der Waals surface area (Å²) in [4.78, 5) is 1.11. The van der Waals surface area contributed by atoms with E-state index in [1.165, 1.54) is 0 Å². The van der Waals surface area contributed by atoms with E-state index in [1.807, 2.05) is 18.4 Å². The SMILES string of the molecule is Cc1ccsc1C(N)CCOCC(F)F. The molecule has 1 rings (SSSR count). The maximum absolute atomic E-state index is 11.7. The number of hydrogen-bond donors (Lipinski definition) is 1. The van der Waals surface area contributed by atoms with E-state index in [0.29, 0.717) is 6.42 Å². The third kappa shape index (κ3) is 4.24. The second-order valence-corrected chi connectivity index (χ2v) is 4.28. The van der Waals surface area contributed by atoms with Gasteiger partial charge in [-0.2, -0.15) is 0 Å². The second-order valence-electron chi connectivity index (χ2n) is 3.33. The number of nitrogens with two attached hydrogens (primary N) is 1. The lowest BCUT2D eigenvalue weighted by Gasteiger charge is -2.11. The number of rotatable bonds is 6. The highest BCUT2D eigenvalue weighted by molar-refractivity contribution is 7.10. The molecule has 0 radical (unpaired) electrons. The van der Waals surface area contributed by atoms with Gasteiger partial charge in [-0.1, -0.05) is 0 Å². The topological polar surface area (TPSA) is 35.2 Å². The fourth-order valence-electron chi connectivity index (χ4n) is 1.28. The van der Waals surface area contributed by atoms with E-state index in [-0.39, 0.29) is 12.6 Å². The first-order chi connectivity index (χ1) is 7.11. The summed E-state index contributed by atoms with van der Waals surface area (Å²) < 4.78 is 28.3. The molecule has 15 heavy (non-hydrogen) atoms. The maximum atomic E-state index is 11.7. The third-order valence-corrected chi connectivity index (χ3v) is 3.21. The van der Waals surface area contributed by atoms with Crippen LogP contribution in [0.2, 0.25) is 0 Å². The van der Waals surface area contributed by atoms with Crippen LogP contribution in [-0.2, 0) is 4.74 Å². The van der Waals surface area contributed by atoms with Crippen molar-refractivity contribution >= 4 is 11.3 Å². The Morgan fingerprint density at radius 1 is 1.53 bits per heavy atom. The van der Waals surface area contributed by atoms with Crippen molar-refractivity contribution < 1.29 is 13.5 Å². The van der Waals surface area contributed by atoms with Gasteiger partial charge in [-0.3, -0.25) is 0 Å². The van der Waals surface area contributed by atoms with Gasteiger partial charge in [0.15, 0.2) is 0 Å². The highest BCUT2D eigenvalue weighted by Crippen LogP contribution is 2.24. The Balaban J connectivity index is 2.25. The summed E-state index contributed by atoms with van der Waals surface area (Å²) in [6.07, 6.45) is -1.82. The molecular weight excluding hydrogens is 220 g/mol. The van der Waals surface area contributed by atoms with Gasteiger partial charge in [0.05, 0.1) is 0 Å². The van der Waals surface area contributed by atoms with Crippen molar-refractivity contribution in [1.82, 2.24) is 0 Å². The Morgan fingerprint density at radius 2 is 2.27 bits per heavy atom. The van der Waals surface area contributed by atoms with Crippen LogP contribution in [-0.4, -0.2) is 19.6 Å². The van der Waals surface area contributed by atoms with Crippen molar-refractivity contribution in [3.05, 3.63) is 21.9 Å². The van der Waals surface area contributed by atoms with E-state index in [0.717, 1.165) is 10.4 Å². The summed E-state index contributed by atoms with van der Waals surface area (Å²) in [5, 5.41) is 1.98. The maximum Gasteiger partial charge on any atom is 0.261 e. The number of halogens is 2. The smallest absolute Gasteiger partial charge is 0.261 e. The zero-order valence-electron chi connectivity index (χ0n) is 8.58. The quantitative estimate of drug-likeness (QED) is 0.769. The molecule has 2 nitrogen and oxygen atoms in total. The Hall–Kier alpha value is -0.520. The average molecular weight is 235 g/mol. The molecule has 0 aliphatic heterocycles. The number of hydrogen-bond acceptors (Lipinski definition) is 3. The Labute approximate surface area is 92.0 Å². The van der Waals surface area contributed by atoms with Gasteiger partial charge in [0.1, 0.15) is 6.61 Å². The molecule has 1 heterocycles. The minimum absolute atomic E-state index is 0.109. The molecule has 86 valence electrons. The van der Waals surface area contributed by atoms with Crippen molar-refractivity contribution in [2.45, 2.75) is 25.8 Å². The lowest BCUT2D eigenvalue weighted by molar-refractivity contribution is 0.0153. The molecule has 0 spiro atoms. The van der Waals surface area contributed by atoms with Crippen molar-refractivity contribution in [3.63, 3.8) is 0 Å². The van der Waals surface area contributed by atoms with Crippen LogP contribution in [0, 0.1) is 6.92 Å². The summed E-state index contributed by atoms with van der Waals surface area (Å²) in [6.45, 7) is 1.77. The van der Waals surface area contributed by atoms with Gasteiger partial charge in [0.2, 0.25) is 0 Å². The van der Waals surface area contributed by atoms with Crippen LogP contribution in [0.3, 0.4) is 0 Å². The summed E-state index contributed by atoms with van der Waals surface area (Å²) in [5.74, 6) is 0. The van der Waals surface area contributed by atoms with E-state index in [4.69, 9.17) is 10.5 Å². The number of thiophene rings is 1. The van der Waals surface area contributed by atoms with E-state index in [9.17, 15) is 8.78 Å². The molecule has 1 unspecified atom stereocenters. The Kier molecular flexibility index (Phi) is 5.14. The highest BCUT2D eigenvalue weighted by atomic mass is 32.1. The van der Waals surface area contributed by atoms with Crippen LogP contribution in [0.1, 0.15) is 22.9 Å². The van der Waals surface area contributed by atoms with E-state index in [1.54, 1.807) is 11.3 Å². The second kappa shape index (κ2) is 6.15. The third-order valence-electron chi connectivity index (χ3n) is 2.06. The zero-order chi connectivity index (χ0) is 11.3. The molecule has 0 bridgehead atoms. The minimum atomic E-state index is -2.40. The van der Waals surface area contributed by atoms with Crippen molar-refractivity contribution in [1.29, 1.82) is 0 Å². The summed E-state index contributed by atoms with van der Waals surface area (Å²) in [5.41, 5.74) is 7.05. The first kappa shape index (κ1) is 12.5. The number of alkyl halides is 2. The lowest BCUT2D eigenvalue weighted by Crippen LogP contribution is -2.14. The molecule has 1 atom stereocenters. The fraction of sp³-hybridized carbons (Fsp3) is 0.600. The van der Waals surface area contributed by atoms with E-state index in [2.05, 4.69) is 0 Å². The van der Waals surface area contributed by atoms with Crippen LogP contribution in [0.5, 0.6) is 0 Å². The molecule has 0 fully saturated rings. The van der Waals surface area contributed by atoms with Gasteiger partial charge in [0.25, 0.3) is 6.43 Å². The van der Waals surface area contributed by atoms with Crippen LogP contribution < -0.4 is 5.73 Å². The monoisotopic (exact) mass is 235 g/mol. The first-order valence-electron chi connectivity index (χ1n) is 4.76. The Morgan fingerprint density at radius 3 is 2.80 bits per heavy atom. The molecule has 0 saturated heterocycles. The van der Waals surface area contributed by atoms with Crippen molar-refractivity contribution in [2.75, 3.05) is 13.2 Å². The van der Waals surface area contributed by atoms with Crippen LogP contribution >= 0.6 is 11.3 Å². The molecule has 2 N–H and O–H groups in total. The summed E-state index contributed by atoms with van der Waals surface area (Å²) >= 11 is 1.59. The molecule has 0 aromatic carbocycles. The standard InChI is InChI=1S/C10H15F2NOS/c1-7-3-5-15-10(7)8(13)2-4-14-6-9(11)12/h3,5,8-9H,2,4,6,13H2,1H3. The average Bonchev–Trinajstić information content (AvgIpc) is 2.58. The lowest BCUT2D eigenvalue weighted by atomic mass is 10.1. The van der Waals surface area contributed by atoms with Gasteiger partial charge in [0, 0.05) is 17.5 Å². The number of ether oxygens (including phenoxy) is 1. The van der Waals surface area contributed by atoms with Crippen LogP contribution in [0.25, 0.3) is 0 Å². The summed E-state index contributed by atoms with van der Waals surface area (Å²) in [6, 6.07) is 1.89. The molecule has 5 heteroatoms. The van der Waals surface area contributed by atoms with E-state index < -0.39 is 13.0 Å². The predicted molar refractivity (Wildman–Crippen MR) is 57.4 cm³/mol. The van der Waals surface area contributed by atoms with Gasteiger partial charge in [-0.05, 0) is 30.4 Å². The first-order valence-corrected chi connectivity index (χ1v) is 5.64. The molecule has 0 saturated carbocycles. The Bertz CT molecular complexity index is 291. The summed E-state index contributed by atoms with van der Waals surface area (Å²) in [7, 11) is 0. The van der Waals surface area contributed by atoms with Gasteiger partial charge >= 0.3 is 0 Å². The highest BCUT2D eigenvalue weighted by Gasteiger charge is 2.10. The molecule has 0 aliphatic carbocycles. The van der Waals surface area contributed by atoms with Crippen molar-refractivity contribution in [2.24, 2.45) is 5.73 Å². The minimum Gasteiger partial charge on any atom is -0.375 e. The predicted octanol–water partition coefficient (Wildman–Crippen LogP) is 2.73. The largest absolute Gasteiger partial charge is 0.375 e. The molecule has 0 aliphatic rings. The molecular formula is C10H15F2NOS. The van der Waals surface area contributed by atoms with E-state index >= 15 is 0 Å². The van der Waals surface area contributed by atoms with Crippen LogP contribution in [0.15, 0.2) is 11.4 Å². The van der Waals surface area contributed by atoms with Crippen LogP contribution in [0.4, 0.5) is 8.78 Å².